The topological polar surface area (TPSA) is 60.1 Å². The predicted molar refractivity (Wildman–Crippen MR) is 93.3 cm³/mol. The van der Waals surface area contributed by atoms with E-state index in [4.69, 9.17) is 5.73 Å². The largest absolute Gasteiger partial charge is 0.370 e. The summed E-state index contributed by atoms with van der Waals surface area (Å²) in [5.41, 5.74) is 6.03. The molecule has 2 atom stereocenters. The number of piperazine rings is 1. The van der Waals surface area contributed by atoms with E-state index in [1.807, 2.05) is 0 Å². The fourth-order valence-corrected chi connectivity index (χ4v) is 3.43. The van der Waals surface area contributed by atoms with Gasteiger partial charge in [-0.15, -0.1) is 0 Å². The fraction of sp³-hybridized carbons (Fsp3) is 0.938. The van der Waals surface area contributed by atoms with Gasteiger partial charge in [-0.25, -0.2) is 0 Å². The zero-order valence-corrected chi connectivity index (χ0v) is 14.6. The molecule has 128 valence electrons. The molecule has 2 aliphatic rings. The molecular formula is C16H34N6. The van der Waals surface area contributed by atoms with E-state index in [2.05, 4.69) is 45.9 Å². The van der Waals surface area contributed by atoms with Gasteiger partial charge in [0.05, 0.1) is 6.54 Å². The molecule has 0 aromatic heterocycles. The quantitative estimate of drug-likeness (QED) is 0.535. The van der Waals surface area contributed by atoms with Crippen molar-refractivity contribution in [2.75, 3.05) is 59.4 Å². The number of aliphatic imine (C=N–C) groups is 1. The Morgan fingerprint density at radius 3 is 2.68 bits per heavy atom. The van der Waals surface area contributed by atoms with Gasteiger partial charge in [0.2, 0.25) is 0 Å². The molecule has 0 radical (unpaired) electrons. The number of hydrogen-bond acceptors (Lipinski definition) is 4. The SMILES string of the molecule is CCN1CCCC1CNC(N)=NCC(C)N1CCN(C)CC1. The third-order valence-electron chi connectivity index (χ3n) is 5.11. The summed E-state index contributed by atoms with van der Waals surface area (Å²) in [6, 6.07) is 1.08. The molecular weight excluding hydrogens is 276 g/mol. The van der Waals surface area contributed by atoms with E-state index in [-0.39, 0.29) is 0 Å². The minimum atomic E-state index is 0.465. The number of likely N-dealkylation sites (N-methyl/N-ethyl adjacent to an activating group) is 2. The molecule has 2 unspecified atom stereocenters. The Kier molecular flexibility index (Phi) is 6.92. The van der Waals surface area contributed by atoms with Crippen LogP contribution in [0.5, 0.6) is 0 Å². The monoisotopic (exact) mass is 310 g/mol. The smallest absolute Gasteiger partial charge is 0.188 e. The summed E-state index contributed by atoms with van der Waals surface area (Å²) in [6.45, 7) is 13.1. The summed E-state index contributed by atoms with van der Waals surface area (Å²) in [7, 11) is 2.19. The standard InChI is InChI=1S/C16H34N6/c1-4-21-7-5-6-15(21)13-19-16(17)18-12-14(2)22-10-8-20(3)9-11-22/h14-15H,4-13H2,1-3H3,(H3,17,18,19). The molecule has 6 nitrogen and oxygen atoms in total. The summed E-state index contributed by atoms with van der Waals surface area (Å²) >= 11 is 0. The summed E-state index contributed by atoms with van der Waals surface area (Å²) < 4.78 is 0. The zero-order valence-electron chi connectivity index (χ0n) is 14.6. The Morgan fingerprint density at radius 1 is 1.27 bits per heavy atom. The van der Waals surface area contributed by atoms with Crippen molar-refractivity contribution >= 4 is 5.96 Å². The normalized spacial score (nSPS) is 27.2. The highest BCUT2D eigenvalue weighted by Gasteiger charge is 2.22. The molecule has 6 heteroatoms. The van der Waals surface area contributed by atoms with Gasteiger partial charge in [0.1, 0.15) is 0 Å². The lowest BCUT2D eigenvalue weighted by Gasteiger charge is -2.35. The van der Waals surface area contributed by atoms with Gasteiger partial charge in [0.15, 0.2) is 5.96 Å². The second kappa shape index (κ2) is 8.70. The number of nitrogens with one attached hydrogen (secondary N) is 1. The molecule has 0 amide bonds. The average Bonchev–Trinajstić information content (AvgIpc) is 2.98. The van der Waals surface area contributed by atoms with Gasteiger partial charge in [-0.1, -0.05) is 6.92 Å². The highest BCUT2D eigenvalue weighted by Crippen LogP contribution is 2.15. The summed E-state index contributed by atoms with van der Waals surface area (Å²) in [5, 5.41) is 3.31. The van der Waals surface area contributed by atoms with Crippen LogP contribution in [0.25, 0.3) is 0 Å². The Balaban J connectivity index is 1.68. The molecule has 0 bridgehead atoms. The van der Waals surface area contributed by atoms with Gasteiger partial charge >= 0.3 is 0 Å². The van der Waals surface area contributed by atoms with Crippen molar-refractivity contribution in [1.29, 1.82) is 0 Å². The van der Waals surface area contributed by atoms with Crippen LogP contribution in [-0.2, 0) is 0 Å². The van der Waals surface area contributed by atoms with Crippen molar-refractivity contribution in [3.63, 3.8) is 0 Å². The fourth-order valence-electron chi connectivity index (χ4n) is 3.43. The van der Waals surface area contributed by atoms with Gasteiger partial charge in [-0.3, -0.25) is 14.8 Å². The first-order valence-corrected chi connectivity index (χ1v) is 8.80. The van der Waals surface area contributed by atoms with Gasteiger partial charge < -0.3 is 16.0 Å². The Morgan fingerprint density at radius 2 is 2.00 bits per heavy atom. The molecule has 0 spiro atoms. The Labute approximate surface area is 135 Å². The molecule has 2 aliphatic heterocycles. The number of rotatable bonds is 6. The molecule has 2 rings (SSSR count). The third kappa shape index (κ3) is 5.11. The van der Waals surface area contributed by atoms with Crippen molar-refractivity contribution in [3.05, 3.63) is 0 Å². The van der Waals surface area contributed by atoms with E-state index >= 15 is 0 Å². The van der Waals surface area contributed by atoms with Crippen molar-refractivity contribution in [2.45, 2.75) is 38.8 Å². The van der Waals surface area contributed by atoms with Crippen LogP contribution in [-0.4, -0.2) is 92.1 Å². The van der Waals surface area contributed by atoms with Crippen LogP contribution in [0, 0.1) is 0 Å². The van der Waals surface area contributed by atoms with Crippen molar-refractivity contribution in [2.24, 2.45) is 10.7 Å². The molecule has 0 aromatic rings. The number of guanidine groups is 1. The number of likely N-dealkylation sites (tertiary alicyclic amines) is 1. The minimum Gasteiger partial charge on any atom is -0.370 e. The summed E-state index contributed by atoms with van der Waals surface area (Å²) in [5.74, 6) is 0.601. The molecule has 2 saturated heterocycles. The number of hydrogen-bond donors (Lipinski definition) is 2. The Hall–Kier alpha value is -0.850. The van der Waals surface area contributed by atoms with E-state index in [1.54, 1.807) is 0 Å². The molecule has 2 heterocycles. The second-order valence-electron chi connectivity index (χ2n) is 6.72. The van der Waals surface area contributed by atoms with Crippen LogP contribution in [0.1, 0.15) is 26.7 Å². The van der Waals surface area contributed by atoms with E-state index in [9.17, 15) is 0 Å². The lowest BCUT2D eigenvalue weighted by Crippen LogP contribution is -2.49. The molecule has 0 aliphatic carbocycles. The average molecular weight is 310 g/mol. The molecule has 0 aromatic carbocycles. The van der Waals surface area contributed by atoms with Crippen LogP contribution in [0.15, 0.2) is 4.99 Å². The van der Waals surface area contributed by atoms with Gasteiger partial charge in [0.25, 0.3) is 0 Å². The Bertz CT molecular complexity index is 351. The summed E-state index contributed by atoms with van der Waals surface area (Å²) in [6.07, 6.45) is 2.57. The zero-order chi connectivity index (χ0) is 15.9. The van der Waals surface area contributed by atoms with Gasteiger partial charge in [-0.2, -0.15) is 0 Å². The highest BCUT2D eigenvalue weighted by atomic mass is 15.3. The van der Waals surface area contributed by atoms with Crippen LogP contribution in [0.4, 0.5) is 0 Å². The highest BCUT2D eigenvalue weighted by molar-refractivity contribution is 5.77. The lowest BCUT2D eigenvalue weighted by atomic mass is 10.2. The van der Waals surface area contributed by atoms with E-state index in [0.29, 0.717) is 18.0 Å². The van der Waals surface area contributed by atoms with Crippen molar-refractivity contribution in [1.82, 2.24) is 20.0 Å². The van der Waals surface area contributed by atoms with Crippen LogP contribution < -0.4 is 11.1 Å². The minimum absolute atomic E-state index is 0.465. The van der Waals surface area contributed by atoms with Gasteiger partial charge in [-0.05, 0) is 39.9 Å². The molecule has 22 heavy (non-hydrogen) atoms. The van der Waals surface area contributed by atoms with E-state index in [1.165, 1.54) is 19.4 Å². The molecule has 2 fully saturated rings. The van der Waals surface area contributed by atoms with E-state index in [0.717, 1.165) is 45.8 Å². The van der Waals surface area contributed by atoms with Crippen LogP contribution in [0.2, 0.25) is 0 Å². The van der Waals surface area contributed by atoms with E-state index < -0.39 is 0 Å². The summed E-state index contributed by atoms with van der Waals surface area (Å²) in [4.78, 5) is 11.9. The second-order valence-corrected chi connectivity index (χ2v) is 6.72. The number of nitrogens with zero attached hydrogens (tertiary/aromatic N) is 4. The van der Waals surface area contributed by atoms with Crippen molar-refractivity contribution < 1.29 is 0 Å². The first-order chi connectivity index (χ1) is 10.6. The lowest BCUT2D eigenvalue weighted by molar-refractivity contribution is 0.122. The maximum absolute atomic E-state index is 6.03. The van der Waals surface area contributed by atoms with Crippen LogP contribution >= 0.6 is 0 Å². The molecule has 3 N–H and O–H groups in total. The molecule has 0 saturated carbocycles. The van der Waals surface area contributed by atoms with Gasteiger partial charge in [0, 0.05) is 44.8 Å². The third-order valence-corrected chi connectivity index (χ3v) is 5.11. The predicted octanol–water partition coefficient (Wildman–Crippen LogP) is 0.0109. The van der Waals surface area contributed by atoms with Crippen molar-refractivity contribution in [3.8, 4) is 0 Å². The first-order valence-electron chi connectivity index (χ1n) is 8.80. The number of nitrogens with two attached hydrogens (primary N) is 1. The first kappa shape index (κ1) is 17.5. The maximum atomic E-state index is 6.03. The maximum Gasteiger partial charge on any atom is 0.188 e. The van der Waals surface area contributed by atoms with Crippen LogP contribution in [0.3, 0.4) is 0 Å².